The minimum Gasteiger partial charge on any atom is -0.371 e. The number of ether oxygens (including phenoxy) is 1. The summed E-state index contributed by atoms with van der Waals surface area (Å²) in [5.74, 6) is 0.470. The average Bonchev–Trinajstić information content (AvgIpc) is 2.67. The van der Waals surface area contributed by atoms with E-state index in [9.17, 15) is 4.79 Å². The van der Waals surface area contributed by atoms with E-state index in [1.54, 1.807) is 0 Å². The molecule has 1 aliphatic carbocycles. The summed E-state index contributed by atoms with van der Waals surface area (Å²) in [6.45, 7) is 12.3. The predicted octanol–water partition coefficient (Wildman–Crippen LogP) is 2.68. The normalized spacial score (nSPS) is 34.4. The molecule has 0 N–H and O–H groups in total. The standard InChI is InChI=1S/C14H24BrNO2/c1-9-7-16(8-10(6-15)18-9)12(17)11-13(2,3)14(11,4)5/h9-11H,6-8H2,1-5H3. The third-order valence-electron chi connectivity index (χ3n) is 5.08. The summed E-state index contributed by atoms with van der Waals surface area (Å²) < 4.78 is 5.78. The SMILES string of the molecule is CC1CN(C(=O)C2C(C)(C)C2(C)C)CC(CBr)O1. The lowest BCUT2D eigenvalue weighted by atomic mass is 10.0. The highest BCUT2D eigenvalue weighted by Gasteiger charge is 2.68. The summed E-state index contributed by atoms with van der Waals surface area (Å²) in [5.41, 5.74) is 0.241. The van der Waals surface area contributed by atoms with Crippen LogP contribution in [-0.2, 0) is 9.53 Å². The van der Waals surface area contributed by atoms with E-state index in [0.717, 1.165) is 18.4 Å². The van der Waals surface area contributed by atoms with Crippen LogP contribution in [0, 0.1) is 16.7 Å². The van der Waals surface area contributed by atoms with Crippen LogP contribution in [0.25, 0.3) is 0 Å². The first kappa shape index (κ1) is 14.3. The first-order valence-electron chi connectivity index (χ1n) is 6.72. The Hall–Kier alpha value is -0.0900. The van der Waals surface area contributed by atoms with Crippen molar-refractivity contribution in [2.45, 2.75) is 46.8 Å². The fourth-order valence-electron chi connectivity index (χ4n) is 3.31. The quantitative estimate of drug-likeness (QED) is 0.733. The Kier molecular flexibility index (Phi) is 3.56. The van der Waals surface area contributed by atoms with Crippen LogP contribution in [0.1, 0.15) is 34.6 Å². The molecule has 1 saturated carbocycles. The second-order valence-electron chi connectivity index (χ2n) is 6.84. The number of halogens is 1. The van der Waals surface area contributed by atoms with Gasteiger partial charge in [0.05, 0.1) is 12.2 Å². The van der Waals surface area contributed by atoms with Gasteiger partial charge in [0, 0.05) is 24.3 Å². The number of nitrogens with zero attached hydrogens (tertiary/aromatic N) is 1. The molecule has 0 aromatic heterocycles. The Labute approximate surface area is 118 Å². The van der Waals surface area contributed by atoms with Gasteiger partial charge in [-0.15, -0.1) is 0 Å². The predicted molar refractivity (Wildman–Crippen MR) is 75.8 cm³/mol. The number of hydrogen-bond acceptors (Lipinski definition) is 2. The van der Waals surface area contributed by atoms with Gasteiger partial charge in [-0.05, 0) is 17.8 Å². The Bertz CT molecular complexity index is 340. The molecule has 1 aliphatic heterocycles. The molecule has 2 rings (SSSR count). The molecule has 1 heterocycles. The van der Waals surface area contributed by atoms with Gasteiger partial charge in [-0.1, -0.05) is 43.6 Å². The van der Waals surface area contributed by atoms with Crippen molar-refractivity contribution in [3.05, 3.63) is 0 Å². The number of morpholine rings is 1. The average molecular weight is 318 g/mol. The van der Waals surface area contributed by atoms with E-state index in [2.05, 4.69) is 43.6 Å². The molecule has 0 spiro atoms. The molecule has 4 heteroatoms. The van der Waals surface area contributed by atoms with Crippen LogP contribution in [0.15, 0.2) is 0 Å². The van der Waals surface area contributed by atoms with Gasteiger partial charge in [0.2, 0.25) is 5.91 Å². The fraction of sp³-hybridized carbons (Fsp3) is 0.929. The maximum absolute atomic E-state index is 12.7. The van der Waals surface area contributed by atoms with E-state index in [1.807, 2.05) is 11.8 Å². The Balaban J connectivity index is 2.06. The van der Waals surface area contributed by atoms with E-state index >= 15 is 0 Å². The molecule has 18 heavy (non-hydrogen) atoms. The van der Waals surface area contributed by atoms with Crippen LogP contribution in [0.5, 0.6) is 0 Å². The molecule has 104 valence electrons. The minimum atomic E-state index is 0.121. The van der Waals surface area contributed by atoms with E-state index in [4.69, 9.17) is 4.74 Å². The third kappa shape index (κ3) is 2.11. The largest absolute Gasteiger partial charge is 0.371 e. The molecular formula is C14H24BrNO2. The molecule has 2 fully saturated rings. The number of carbonyl (C=O) groups is 1. The Morgan fingerprint density at radius 2 is 1.83 bits per heavy atom. The van der Waals surface area contributed by atoms with Crippen LogP contribution >= 0.6 is 15.9 Å². The zero-order valence-corrected chi connectivity index (χ0v) is 13.6. The molecule has 2 unspecified atom stereocenters. The van der Waals surface area contributed by atoms with Crippen molar-refractivity contribution in [1.29, 1.82) is 0 Å². The molecule has 0 bridgehead atoms. The van der Waals surface area contributed by atoms with Crippen molar-refractivity contribution in [2.75, 3.05) is 18.4 Å². The highest BCUT2D eigenvalue weighted by molar-refractivity contribution is 9.09. The zero-order chi connectivity index (χ0) is 13.7. The van der Waals surface area contributed by atoms with Gasteiger partial charge in [-0.25, -0.2) is 0 Å². The Morgan fingerprint density at radius 3 is 2.28 bits per heavy atom. The van der Waals surface area contributed by atoms with Crippen LogP contribution in [0.2, 0.25) is 0 Å². The van der Waals surface area contributed by atoms with Gasteiger partial charge in [0.15, 0.2) is 0 Å². The molecule has 2 atom stereocenters. The smallest absolute Gasteiger partial charge is 0.226 e. The van der Waals surface area contributed by atoms with Crippen molar-refractivity contribution in [1.82, 2.24) is 4.90 Å². The van der Waals surface area contributed by atoms with Gasteiger partial charge in [0.25, 0.3) is 0 Å². The minimum absolute atomic E-state index is 0.121. The van der Waals surface area contributed by atoms with Gasteiger partial charge in [0.1, 0.15) is 0 Å². The van der Waals surface area contributed by atoms with E-state index in [0.29, 0.717) is 5.91 Å². The van der Waals surface area contributed by atoms with Crippen molar-refractivity contribution < 1.29 is 9.53 Å². The molecule has 0 aromatic rings. The third-order valence-corrected chi connectivity index (χ3v) is 5.80. The molecule has 2 aliphatic rings. The maximum Gasteiger partial charge on any atom is 0.226 e. The van der Waals surface area contributed by atoms with Crippen molar-refractivity contribution in [3.8, 4) is 0 Å². The summed E-state index contributed by atoms with van der Waals surface area (Å²) in [6.07, 6.45) is 0.262. The molecule has 1 amide bonds. The van der Waals surface area contributed by atoms with Crippen molar-refractivity contribution in [3.63, 3.8) is 0 Å². The summed E-state index contributed by atoms with van der Waals surface area (Å²) in [7, 11) is 0. The van der Waals surface area contributed by atoms with E-state index in [1.165, 1.54) is 0 Å². The number of rotatable bonds is 2. The van der Waals surface area contributed by atoms with Crippen LogP contribution in [0.3, 0.4) is 0 Å². The number of hydrogen-bond donors (Lipinski definition) is 0. The van der Waals surface area contributed by atoms with E-state index in [-0.39, 0.29) is 29.0 Å². The lowest BCUT2D eigenvalue weighted by molar-refractivity contribution is -0.145. The molecular weight excluding hydrogens is 294 g/mol. The van der Waals surface area contributed by atoms with Gasteiger partial charge < -0.3 is 9.64 Å². The Morgan fingerprint density at radius 1 is 1.28 bits per heavy atom. The van der Waals surface area contributed by atoms with Crippen molar-refractivity contribution >= 4 is 21.8 Å². The van der Waals surface area contributed by atoms with Crippen molar-refractivity contribution in [2.24, 2.45) is 16.7 Å². The fourth-order valence-corrected chi connectivity index (χ4v) is 3.66. The second kappa shape index (κ2) is 4.48. The van der Waals surface area contributed by atoms with Crippen LogP contribution < -0.4 is 0 Å². The number of alkyl halides is 1. The molecule has 0 aromatic carbocycles. The number of amides is 1. The topological polar surface area (TPSA) is 29.5 Å². The highest BCUT2D eigenvalue weighted by atomic mass is 79.9. The maximum atomic E-state index is 12.7. The summed E-state index contributed by atoms with van der Waals surface area (Å²) >= 11 is 3.45. The first-order chi connectivity index (χ1) is 8.21. The van der Waals surface area contributed by atoms with Gasteiger partial charge in [-0.3, -0.25) is 4.79 Å². The van der Waals surface area contributed by atoms with Crippen LogP contribution in [-0.4, -0.2) is 41.4 Å². The molecule has 3 nitrogen and oxygen atoms in total. The summed E-state index contributed by atoms with van der Waals surface area (Å²) in [4.78, 5) is 14.7. The van der Waals surface area contributed by atoms with E-state index < -0.39 is 0 Å². The lowest BCUT2D eigenvalue weighted by Crippen LogP contribution is -2.50. The van der Waals surface area contributed by atoms with Gasteiger partial charge in [-0.2, -0.15) is 0 Å². The summed E-state index contributed by atoms with van der Waals surface area (Å²) in [6, 6.07) is 0. The first-order valence-corrected chi connectivity index (χ1v) is 7.84. The molecule has 1 saturated heterocycles. The number of carbonyl (C=O) groups excluding carboxylic acids is 1. The summed E-state index contributed by atoms with van der Waals surface area (Å²) in [5, 5.41) is 0.790. The molecule has 0 radical (unpaired) electrons. The lowest BCUT2D eigenvalue weighted by Gasteiger charge is -2.36. The highest BCUT2D eigenvalue weighted by Crippen LogP contribution is 2.68. The van der Waals surface area contributed by atoms with Gasteiger partial charge >= 0.3 is 0 Å². The van der Waals surface area contributed by atoms with Crippen LogP contribution in [0.4, 0.5) is 0 Å². The second-order valence-corrected chi connectivity index (χ2v) is 7.49. The monoisotopic (exact) mass is 317 g/mol. The zero-order valence-electron chi connectivity index (χ0n) is 12.0.